The van der Waals surface area contributed by atoms with Crippen molar-refractivity contribution in [3.05, 3.63) is 35.4 Å². The van der Waals surface area contributed by atoms with E-state index in [1.54, 1.807) is 0 Å². The van der Waals surface area contributed by atoms with Crippen molar-refractivity contribution in [2.75, 3.05) is 26.3 Å². The number of benzene rings is 1. The van der Waals surface area contributed by atoms with Crippen molar-refractivity contribution in [3.63, 3.8) is 0 Å². The van der Waals surface area contributed by atoms with Crippen LogP contribution in [-0.4, -0.2) is 48.3 Å². The number of morpholine rings is 1. The zero-order chi connectivity index (χ0) is 16.1. The molecule has 2 aliphatic rings. The third-order valence-electron chi connectivity index (χ3n) is 4.78. The van der Waals surface area contributed by atoms with Gasteiger partial charge in [0.15, 0.2) is 0 Å². The number of hydrogen-bond donors (Lipinski definition) is 2. The van der Waals surface area contributed by atoms with Gasteiger partial charge in [0.05, 0.1) is 25.2 Å². The molecule has 0 aromatic heterocycles. The van der Waals surface area contributed by atoms with E-state index in [9.17, 15) is 9.90 Å². The topological polar surface area (TPSA) is 61.8 Å². The summed E-state index contributed by atoms with van der Waals surface area (Å²) in [7, 11) is 0. The van der Waals surface area contributed by atoms with Crippen LogP contribution < -0.4 is 5.32 Å². The number of rotatable bonds is 5. The monoisotopic (exact) mass is 318 g/mol. The molecule has 1 aromatic carbocycles. The molecule has 1 saturated heterocycles. The average Bonchev–Trinajstić information content (AvgIpc) is 3.00. The van der Waals surface area contributed by atoms with Crippen molar-refractivity contribution in [1.29, 1.82) is 0 Å². The molecule has 0 radical (unpaired) electrons. The van der Waals surface area contributed by atoms with Gasteiger partial charge in [-0.05, 0) is 30.4 Å². The Labute approximate surface area is 137 Å². The van der Waals surface area contributed by atoms with Gasteiger partial charge in [-0.25, -0.2) is 0 Å². The lowest BCUT2D eigenvalue weighted by molar-refractivity contribution is -0.127. The van der Waals surface area contributed by atoms with Crippen LogP contribution in [0.1, 0.15) is 30.4 Å². The van der Waals surface area contributed by atoms with E-state index >= 15 is 0 Å². The first kappa shape index (κ1) is 16.4. The number of ether oxygens (including phenoxy) is 1. The van der Waals surface area contributed by atoms with Crippen LogP contribution in [0.15, 0.2) is 24.3 Å². The molecule has 2 atom stereocenters. The van der Waals surface area contributed by atoms with E-state index in [1.165, 1.54) is 5.56 Å². The molecule has 2 unspecified atom stereocenters. The Morgan fingerprint density at radius 1 is 1.26 bits per heavy atom. The van der Waals surface area contributed by atoms with Gasteiger partial charge in [-0.3, -0.25) is 9.69 Å². The zero-order valence-electron chi connectivity index (χ0n) is 13.5. The molecule has 5 heteroatoms. The average molecular weight is 318 g/mol. The number of carbonyl (C=O) groups excluding carboxylic acids is 1. The molecule has 1 aliphatic heterocycles. The van der Waals surface area contributed by atoms with Crippen molar-refractivity contribution in [2.24, 2.45) is 5.92 Å². The van der Waals surface area contributed by atoms with E-state index in [4.69, 9.17) is 4.74 Å². The molecule has 1 aliphatic carbocycles. The molecular formula is C18H26N2O3. The predicted octanol–water partition coefficient (Wildman–Crippen LogP) is 1.30. The van der Waals surface area contributed by atoms with Crippen LogP contribution >= 0.6 is 0 Å². The second kappa shape index (κ2) is 7.90. The Balaban J connectivity index is 1.51. The van der Waals surface area contributed by atoms with E-state index in [0.29, 0.717) is 6.54 Å². The Bertz CT molecular complexity index is 529. The zero-order valence-corrected chi connectivity index (χ0v) is 13.5. The maximum atomic E-state index is 12.1. The number of nitrogens with zero attached hydrogens (tertiary/aromatic N) is 1. The van der Waals surface area contributed by atoms with Gasteiger partial charge < -0.3 is 15.2 Å². The second-order valence-corrected chi connectivity index (χ2v) is 6.53. The van der Waals surface area contributed by atoms with Crippen molar-refractivity contribution < 1.29 is 14.6 Å². The number of aliphatic hydroxyl groups excluding tert-OH is 1. The fourth-order valence-corrected chi connectivity index (χ4v) is 3.42. The summed E-state index contributed by atoms with van der Waals surface area (Å²) in [5.41, 5.74) is 2.37. The first-order valence-corrected chi connectivity index (χ1v) is 8.56. The van der Waals surface area contributed by atoms with Gasteiger partial charge in [0.25, 0.3) is 0 Å². The lowest BCUT2D eigenvalue weighted by Crippen LogP contribution is -2.35. The molecule has 1 aromatic rings. The van der Waals surface area contributed by atoms with E-state index in [-0.39, 0.29) is 11.8 Å². The summed E-state index contributed by atoms with van der Waals surface area (Å²) < 4.78 is 5.37. The van der Waals surface area contributed by atoms with Crippen molar-refractivity contribution in [3.8, 4) is 0 Å². The summed E-state index contributed by atoms with van der Waals surface area (Å²) in [6.45, 7) is 5.01. The van der Waals surface area contributed by atoms with E-state index < -0.39 is 6.10 Å². The molecule has 126 valence electrons. The highest BCUT2D eigenvalue weighted by Gasteiger charge is 2.31. The third kappa shape index (κ3) is 4.53. The van der Waals surface area contributed by atoms with E-state index in [0.717, 1.165) is 57.7 Å². The van der Waals surface area contributed by atoms with Gasteiger partial charge in [0.1, 0.15) is 0 Å². The molecular weight excluding hydrogens is 292 g/mol. The molecule has 2 fully saturated rings. The predicted molar refractivity (Wildman–Crippen MR) is 87.7 cm³/mol. The minimum absolute atomic E-state index is 0.0198. The van der Waals surface area contributed by atoms with Gasteiger partial charge >= 0.3 is 0 Å². The molecule has 1 amide bonds. The second-order valence-electron chi connectivity index (χ2n) is 6.53. The Morgan fingerprint density at radius 2 is 2.04 bits per heavy atom. The standard InChI is InChI=1S/C18H26N2O3/c21-17-6-2-5-16(17)18(22)19-12-14-3-1-4-15(11-14)13-20-7-9-23-10-8-20/h1,3-4,11,16-17,21H,2,5-10,12-13H2,(H,19,22). The molecule has 5 nitrogen and oxygen atoms in total. The van der Waals surface area contributed by atoms with Crippen LogP contribution in [0, 0.1) is 5.92 Å². The lowest BCUT2D eigenvalue weighted by Gasteiger charge is -2.26. The quantitative estimate of drug-likeness (QED) is 0.859. The van der Waals surface area contributed by atoms with Crippen molar-refractivity contribution >= 4 is 5.91 Å². The fourth-order valence-electron chi connectivity index (χ4n) is 3.42. The van der Waals surface area contributed by atoms with Crippen molar-refractivity contribution in [2.45, 2.75) is 38.5 Å². The van der Waals surface area contributed by atoms with E-state index in [2.05, 4.69) is 22.3 Å². The largest absolute Gasteiger partial charge is 0.392 e. The number of nitrogens with one attached hydrogen (secondary N) is 1. The molecule has 0 spiro atoms. The SMILES string of the molecule is O=C(NCc1cccc(CN2CCOCC2)c1)C1CCCC1O. The highest BCUT2D eigenvalue weighted by atomic mass is 16.5. The number of amides is 1. The Morgan fingerprint density at radius 3 is 2.78 bits per heavy atom. The number of hydrogen-bond acceptors (Lipinski definition) is 4. The van der Waals surface area contributed by atoms with Crippen LogP contribution in [0.2, 0.25) is 0 Å². The van der Waals surface area contributed by atoms with Gasteiger partial charge in [-0.1, -0.05) is 24.3 Å². The summed E-state index contributed by atoms with van der Waals surface area (Å²) in [6, 6.07) is 8.36. The highest BCUT2D eigenvalue weighted by Crippen LogP contribution is 2.25. The molecule has 3 rings (SSSR count). The lowest BCUT2D eigenvalue weighted by atomic mass is 10.0. The maximum absolute atomic E-state index is 12.1. The first-order valence-electron chi connectivity index (χ1n) is 8.56. The molecule has 2 N–H and O–H groups in total. The minimum atomic E-state index is -0.470. The fraction of sp³-hybridized carbons (Fsp3) is 0.611. The maximum Gasteiger partial charge on any atom is 0.225 e. The third-order valence-corrected chi connectivity index (χ3v) is 4.78. The summed E-state index contributed by atoms with van der Waals surface area (Å²) in [6.07, 6.45) is 2.01. The van der Waals surface area contributed by atoms with Crippen molar-refractivity contribution in [1.82, 2.24) is 10.2 Å². The number of carbonyl (C=O) groups is 1. The van der Waals surface area contributed by atoms with Gasteiger partial charge in [0.2, 0.25) is 5.91 Å². The van der Waals surface area contributed by atoms with Crippen LogP contribution in [0.5, 0.6) is 0 Å². The van der Waals surface area contributed by atoms with Crippen LogP contribution in [0.4, 0.5) is 0 Å². The molecule has 23 heavy (non-hydrogen) atoms. The van der Waals surface area contributed by atoms with Gasteiger partial charge in [-0.15, -0.1) is 0 Å². The minimum Gasteiger partial charge on any atom is -0.392 e. The van der Waals surface area contributed by atoms with E-state index in [1.807, 2.05) is 12.1 Å². The summed E-state index contributed by atoms with van der Waals surface area (Å²) >= 11 is 0. The van der Waals surface area contributed by atoms with Gasteiger partial charge in [-0.2, -0.15) is 0 Å². The summed E-state index contributed by atoms with van der Waals surface area (Å²) in [5.74, 6) is -0.250. The Hall–Kier alpha value is -1.43. The van der Waals surface area contributed by atoms with Crippen LogP contribution in [-0.2, 0) is 22.6 Å². The smallest absolute Gasteiger partial charge is 0.225 e. The summed E-state index contributed by atoms with van der Waals surface area (Å²) in [5, 5.41) is 12.8. The van der Waals surface area contributed by atoms with Gasteiger partial charge in [0, 0.05) is 26.2 Å². The van der Waals surface area contributed by atoms with Crippen LogP contribution in [0.25, 0.3) is 0 Å². The van der Waals surface area contributed by atoms with Crippen LogP contribution in [0.3, 0.4) is 0 Å². The normalized spacial score (nSPS) is 25.4. The molecule has 1 heterocycles. The Kier molecular flexibility index (Phi) is 5.65. The molecule has 1 saturated carbocycles. The highest BCUT2D eigenvalue weighted by molar-refractivity contribution is 5.79. The summed E-state index contributed by atoms with van der Waals surface area (Å²) in [4.78, 5) is 14.5. The molecule has 0 bridgehead atoms. The first-order chi connectivity index (χ1) is 11.2. The number of aliphatic hydroxyl groups is 1.